The Kier molecular flexibility index (Phi) is 5.72. The maximum atomic E-state index is 12.1. The Morgan fingerprint density at radius 3 is 2.87 bits per heavy atom. The lowest BCUT2D eigenvalue weighted by atomic mass is 10.1. The molecule has 2 aromatic rings. The van der Waals surface area contributed by atoms with E-state index in [2.05, 4.69) is 10.5 Å². The fourth-order valence-electron chi connectivity index (χ4n) is 1.89. The van der Waals surface area contributed by atoms with Crippen molar-refractivity contribution in [3.63, 3.8) is 0 Å². The highest BCUT2D eigenvalue weighted by atomic mass is 35.5. The van der Waals surface area contributed by atoms with Crippen molar-refractivity contribution in [2.24, 2.45) is 0 Å². The highest BCUT2D eigenvalue weighted by molar-refractivity contribution is 6.30. The van der Waals surface area contributed by atoms with Crippen LogP contribution in [0.4, 0.5) is 0 Å². The van der Waals surface area contributed by atoms with E-state index >= 15 is 0 Å². The molecule has 0 saturated carbocycles. The number of nitrogens with zero attached hydrogens (tertiary/aromatic N) is 1. The van der Waals surface area contributed by atoms with Gasteiger partial charge < -0.3 is 19.7 Å². The van der Waals surface area contributed by atoms with E-state index in [-0.39, 0.29) is 18.8 Å². The number of hydrogen-bond donors (Lipinski definition) is 2. The van der Waals surface area contributed by atoms with Gasteiger partial charge >= 0.3 is 5.97 Å². The van der Waals surface area contributed by atoms with Gasteiger partial charge in [-0.05, 0) is 12.1 Å². The van der Waals surface area contributed by atoms with Crippen molar-refractivity contribution in [2.75, 3.05) is 13.7 Å². The monoisotopic (exact) mass is 338 g/mol. The number of hydrogen-bond acceptors (Lipinski definition) is 5. The summed E-state index contributed by atoms with van der Waals surface area (Å²) in [6.45, 7) is 0.210. The summed E-state index contributed by atoms with van der Waals surface area (Å²) in [5, 5.41) is 15.8. The Labute approximate surface area is 137 Å². The van der Waals surface area contributed by atoms with E-state index in [0.29, 0.717) is 16.3 Å². The topological polar surface area (TPSA) is 102 Å². The van der Waals surface area contributed by atoms with E-state index in [4.69, 9.17) is 26.0 Å². The van der Waals surface area contributed by atoms with Crippen LogP contribution in [0, 0.1) is 0 Å². The molecule has 0 aliphatic heterocycles. The van der Waals surface area contributed by atoms with Crippen molar-refractivity contribution in [2.45, 2.75) is 12.5 Å². The molecule has 7 nitrogen and oxygen atoms in total. The molecule has 23 heavy (non-hydrogen) atoms. The van der Waals surface area contributed by atoms with E-state index in [9.17, 15) is 9.59 Å². The molecular formula is C15H15ClN2O5. The summed E-state index contributed by atoms with van der Waals surface area (Å²) in [5.41, 5.74) is 1.12. The molecule has 1 amide bonds. The molecule has 1 aromatic carbocycles. The summed E-state index contributed by atoms with van der Waals surface area (Å²) in [4.78, 5) is 23.2. The smallest absolute Gasteiger partial charge is 0.326 e. The van der Waals surface area contributed by atoms with Crippen LogP contribution < -0.4 is 5.32 Å². The SMILES string of the molecule is COCCC(NC(=O)c1cc(-c2cccc(Cl)c2)no1)C(=O)O. The zero-order valence-electron chi connectivity index (χ0n) is 12.3. The van der Waals surface area contributed by atoms with Crippen LogP contribution in [-0.2, 0) is 9.53 Å². The zero-order chi connectivity index (χ0) is 16.8. The number of benzene rings is 1. The van der Waals surface area contributed by atoms with Crippen LogP contribution in [0.15, 0.2) is 34.9 Å². The van der Waals surface area contributed by atoms with Gasteiger partial charge in [0, 0.05) is 36.8 Å². The fraction of sp³-hybridized carbons (Fsp3) is 0.267. The summed E-state index contributed by atoms with van der Waals surface area (Å²) in [6.07, 6.45) is 0.146. The first-order chi connectivity index (χ1) is 11.0. The third-order valence-electron chi connectivity index (χ3n) is 3.07. The molecule has 2 rings (SSSR count). The highest BCUT2D eigenvalue weighted by Gasteiger charge is 2.23. The quantitative estimate of drug-likeness (QED) is 0.802. The summed E-state index contributed by atoms with van der Waals surface area (Å²) < 4.78 is 9.80. The van der Waals surface area contributed by atoms with Gasteiger partial charge in [-0.15, -0.1) is 0 Å². The first-order valence-electron chi connectivity index (χ1n) is 6.76. The van der Waals surface area contributed by atoms with Gasteiger partial charge in [0.05, 0.1) is 0 Å². The fourth-order valence-corrected chi connectivity index (χ4v) is 2.08. The van der Waals surface area contributed by atoms with Gasteiger partial charge in [0.1, 0.15) is 11.7 Å². The number of halogens is 1. The summed E-state index contributed by atoms with van der Waals surface area (Å²) in [6, 6.07) is 7.27. The molecule has 1 heterocycles. The van der Waals surface area contributed by atoms with E-state index < -0.39 is 17.9 Å². The molecule has 0 spiro atoms. The van der Waals surface area contributed by atoms with Crippen LogP contribution >= 0.6 is 11.6 Å². The lowest BCUT2D eigenvalue weighted by Crippen LogP contribution is -2.41. The van der Waals surface area contributed by atoms with E-state index in [1.807, 2.05) is 0 Å². The standard InChI is InChI=1S/C15H15ClN2O5/c1-22-6-5-11(15(20)21)17-14(19)13-8-12(18-23-13)9-3-2-4-10(16)7-9/h2-4,7-8,11H,5-6H2,1H3,(H,17,19)(H,20,21). The van der Waals surface area contributed by atoms with E-state index in [0.717, 1.165) is 0 Å². The minimum absolute atomic E-state index is 0.0800. The number of amides is 1. The van der Waals surface area contributed by atoms with Crippen LogP contribution in [0.2, 0.25) is 5.02 Å². The van der Waals surface area contributed by atoms with Gasteiger partial charge in [-0.2, -0.15) is 0 Å². The Morgan fingerprint density at radius 1 is 1.43 bits per heavy atom. The number of aromatic nitrogens is 1. The van der Waals surface area contributed by atoms with Gasteiger partial charge in [-0.3, -0.25) is 4.79 Å². The molecule has 0 radical (unpaired) electrons. The number of carbonyl (C=O) groups excluding carboxylic acids is 1. The average molecular weight is 339 g/mol. The largest absolute Gasteiger partial charge is 0.480 e. The number of nitrogens with one attached hydrogen (secondary N) is 1. The normalized spacial score (nSPS) is 11.9. The first-order valence-corrected chi connectivity index (χ1v) is 7.14. The van der Waals surface area contributed by atoms with E-state index in [1.54, 1.807) is 24.3 Å². The maximum absolute atomic E-state index is 12.1. The zero-order valence-corrected chi connectivity index (χ0v) is 13.0. The first kappa shape index (κ1) is 17.0. The highest BCUT2D eigenvalue weighted by Crippen LogP contribution is 2.22. The molecule has 122 valence electrons. The van der Waals surface area contributed by atoms with Gasteiger partial charge in [0.15, 0.2) is 0 Å². The molecule has 0 aliphatic rings. The summed E-state index contributed by atoms with van der Waals surface area (Å²) in [5.74, 6) is -1.89. The predicted octanol–water partition coefficient (Wildman–Crippen LogP) is 2.21. The molecule has 1 atom stereocenters. The average Bonchev–Trinajstić information content (AvgIpc) is 3.01. The number of rotatable bonds is 7. The molecule has 1 aromatic heterocycles. The van der Waals surface area contributed by atoms with Gasteiger partial charge in [-0.1, -0.05) is 28.9 Å². The van der Waals surface area contributed by atoms with Gasteiger partial charge in [0.25, 0.3) is 5.91 Å². The Morgan fingerprint density at radius 2 is 2.22 bits per heavy atom. The number of carbonyl (C=O) groups is 2. The Bertz CT molecular complexity index is 701. The van der Waals surface area contributed by atoms with Crippen molar-refractivity contribution in [3.8, 4) is 11.3 Å². The van der Waals surface area contributed by atoms with E-state index in [1.165, 1.54) is 13.2 Å². The Balaban J connectivity index is 2.10. The second kappa shape index (κ2) is 7.75. The number of methoxy groups -OCH3 is 1. The van der Waals surface area contributed by atoms with Crippen molar-refractivity contribution in [3.05, 3.63) is 41.1 Å². The second-order valence-electron chi connectivity index (χ2n) is 4.73. The lowest BCUT2D eigenvalue weighted by Gasteiger charge is -2.12. The summed E-state index contributed by atoms with van der Waals surface area (Å²) in [7, 11) is 1.45. The number of aliphatic carboxylic acids is 1. The van der Waals surface area contributed by atoms with Gasteiger partial charge in [0.2, 0.25) is 5.76 Å². The molecule has 8 heteroatoms. The third-order valence-corrected chi connectivity index (χ3v) is 3.30. The number of carboxylic acids is 1. The molecular weight excluding hydrogens is 324 g/mol. The van der Waals surface area contributed by atoms with Crippen LogP contribution in [0.5, 0.6) is 0 Å². The minimum atomic E-state index is -1.15. The van der Waals surface area contributed by atoms with Crippen molar-refractivity contribution in [1.82, 2.24) is 10.5 Å². The molecule has 0 aliphatic carbocycles. The van der Waals surface area contributed by atoms with Crippen molar-refractivity contribution < 1.29 is 24.0 Å². The number of ether oxygens (including phenoxy) is 1. The predicted molar refractivity (Wildman–Crippen MR) is 82.3 cm³/mol. The van der Waals surface area contributed by atoms with Crippen LogP contribution in [0.3, 0.4) is 0 Å². The molecule has 0 fully saturated rings. The third kappa shape index (κ3) is 4.54. The molecule has 1 unspecified atom stereocenters. The van der Waals surface area contributed by atoms with Gasteiger partial charge in [-0.25, -0.2) is 4.79 Å². The second-order valence-corrected chi connectivity index (χ2v) is 5.17. The number of carboxylic acid groups (broad SMARTS) is 1. The summed E-state index contributed by atoms with van der Waals surface area (Å²) >= 11 is 5.90. The van der Waals surface area contributed by atoms with Crippen LogP contribution in [0.25, 0.3) is 11.3 Å². The lowest BCUT2D eigenvalue weighted by molar-refractivity contribution is -0.139. The van der Waals surface area contributed by atoms with Crippen LogP contribution in [0.1, 0.15) is 17.0 Å². The maximum Gasteiger partial charge on any atom is 0.326 e. The minimum Gasteiger partial charge on any atom is -0.480 e. The molecule has 2 N–H and O–H groups in total. The molecule has 0 saturated heterocycles. The van der Waals surface area contributed by atoms with Crippen molar-refractivity contribution in [1.29, 1.82) is 0 Å². The Hall–Kier alpha value is -2.38. The molecule has 0 bridgehead atoms. The van der Waals surface area contributed by atoms with Crippen molar-refractivity contribution >= 4 is 23.5 Å². The van der Waals surface area contributed by atoms with Crippen LogP contribution in [-0.4, -0.2) is 41.9 Å².